The van der Waals surface area contributed by atoms with E-state index < -0.39 is 0 Å². The highest BCUT2D eigenvalue weighted by molar-refractivity contribution is 9.10. The van der Waals surface area contributed by atoms with Crippen LogP contribution in [0.4, 0.5) is 0 Å². The van der Waals surface area contributed by atoms with Crippen molar-refractivity contribution in [1.82, 2.24) is 9.55 Å². The Morgan fingerprint density at radius 3 is 2.89 bits per heavy atom. The number of hydrogen-bond acceptors (Lipinski definition) is 3. The molecular weight excluding hydrogens is 320 g/mol. The van der Waals surface area contributed by atoms with Crippen LogP contribution >= 0.6 is 27.5 Å². The fraction of sp³-hybridized carbons (Fsp3) is 0.333. The van der Waals surface area contributed by atoms with Crippen LogP contribution in [0.1, 0.15) is 23.0 Å². The van der Waals surface area contributed by atoms with E-state index in [1.54, 1.807) is 13.0 Å². The molecule has 0 unspecified atom stereocenters. The van der Waals surface area contributed by atoms with E-state index in [-0.39, 0.29) is 5.97 Å². The number of rotatable bonds is 2. The molecule has 2 rings (SSSR count). The molecule has 0 fully saturated rings. The highest BCUT2D eigenvalue weighted by Crippen LogP contribution is 2.30. The van der Waals surface area contributed by atoms with Crippen molar-refractivity contribution >= 4 is 44.5 Å². The summed E-state index contributed by atoms with van der Waals surface area (Å²) in [5.41, 5.74) is 2.02. The standard InChI is InChI=1S/C12H12BrClN2O2/c1-4-18-12(17)9-6(2)16(3)11-7(9)5-8(13)10(14)15-11/h5H,4H2,1-3H3. The average molecular weight is 332 g/mol. The molecule has 2 aromatic rings. The number of aromatic nitrogens is 2. The Kier molecular flexibility index (Phi) is 3.64. The van der Waals surface area contributed by atoms with Gasteiger partial charge in [-0.05, 0) is 35.8 Å². The summed E-state index contributed by atoms with van der Waals surface area (Å²) in [7, 11) is 1.84. The second kappa shape index (κ2) is 4.90. The molecule has 6 heteroatoms. The highest BCUT2D eigenvalue weighted by atomic mass is 79.9. The van der Waals surface area contributed by atoms with Gasteiger partial charge in [-0.1, -0.05) is 11.6 Å². The largest absolute Gasteiger partial charge is 0.462 e. The SMILES string of the molecule is CCOC(=O)c1c(C)n(C)c2nc(Cl)c(Br)cc12. The smallest absolute Gasteiger partial charge is 0.340 e. The summed E-state index contributed by atoms with van der Waals surface area (Å²) in [6.45, 7) is 3.98. The minimum atomic E-state index is -0.336. The van der Waals surface area contributed by atoms with Gasteiger partial charge in [0.1, 0.15) is 10.8 Å². The predicted octanol–water partition coefficient (Wildman–Crippen LogP) is 3.47. The maximum atomic E-state index is 12.0. The summed E-state index contributed by atoms with van der Waals surface area (Å²) in [5.74, 6) is -0.336. The topological polar surface area (TPSA) is 44.1 Å². The number of hydrogen-bond donors (Lipinski definition) is 0. The summed E-state index contributed by atoms with van der Waals surface area (Å²) < 4.78 is 7.57. The first-order valence-corrected chi connectivity index (χ1v) is 6.62. The number of carbonyl (C=O) groups is 1. The zero-order valence-corrected chi connectivity index (χ0v) is 12.6. The molecule has 96 valence electrons. The number of aryl methyl sites for hydroxylation is 1. The van der Waals surface area contributed by atoms with Crippen LogP contribution in [-0.4, -0.2) is 22.1 Å². The molecule has 0 amide bonds. The molecule has 0 radical (unpaired) electrons. The Balaban J connectivity index is 2.77. The van der Waals surface area contributed by atoms with Gasteiger partial charge in [-0.2, -0.15) is 0 Å². The van der Waals surface area contributed by atoms with Crippen LogP contribution in [-0.2, 0) is 11.8 Å². The number of ether oxygens (including phenoxy) is 1. The number of carbonyl (C=O) groups excluding carboxylic acids is 1. The van der Waals surface area contributed by atoms with Crippen LogP contribution < -0.4 is 0 Å². The molecule has 2 aromatic heterocycles. The second-order valence-corrected chi connectivity index (χ2v) is 5.08. The molecule has 0 saturated heterocycles. The minimum Gasteiger partial charge on any atom is -0.462 e. The van der Waals surface area contributed by atoms with Gasteiger partial charge in [0.15, 0.2) is 0 Å². The van der Waals surface area contributed by atoms with E-state index in [4.69, 9.17) is 16.3 Å². The van der Waals surface area contributed by atoms with Gasteiger partial charge in [0.05, 0.1) is 16.6 Å². The van der Waals surface area contributed by atoms with Crippen molar-refractivity contribution in [2.45, 2.75) is 13.8 Å². The number of halogens is 2. The van der Waals surface area contributed by atoms with Gasteiger partial charge in [-0.3, -0.25) is 0 Å². The monoisotopic (exact) mass is 330 g/mol. The zero-order valence-electron chi connectivity index (χ0n) is 10.3. The zero-order chi connectivity index (χ0) is 13.4. The molecule has 0 aromatic carbocycles. The lowest BCUT2D eigenvalue weighted by Gasteiger charge is -2.02. The van der Waals surface area contributed by atoms with Crippen molar-refractivity contribution in [1.29, 1.82) is 0 Å². The molecule has 2 heterocycles. The molecule has 0 atom stereocenters. The fourth-order valence-corrected chi connectivity index (χ4v) is 2.33. The molecule has 0 bridgehead atoms. The maximum Gasteiger partial charge on any atom is 0.340 e. The molecule has 0 aliphatic rings. The van der Waals surface area contributed by atoms with Gasteiger partial charge in [0.2, 0.25) is 0 Å². The summed E-state index contributed by atoms with van der Waals surface area (Å²) in [4.78, 5) is 16.2. The summed E-state index contributed by atoms with van der Waals surface area (Å²) in [5, 5.41) is 1.11. The molecule has 0 N–H and O–H groups in total. The lowest BCUT2D eigenvalue weighted by atomic mass is 10.2. The first-order chi connectivity index (χ1) is 8.47. The third kappa shape index (κ3) is 2.01. The number of pyridine rings is 1. The maximum absolute atomic E-state index is 12.0. The van der Waals surface area contributed by atoms with E-state index >= 15 is 0 Å². The van der Waals surface area contributed by atoms with E-state index in [1.165, 1.54) is 0 Å². The molecule has 0 aliphatic heterocycles. The third-order valence-corrected chi connectivity index (χ3v) is 3.97. The first kappa shape index (κ1) is 13.4. The van der Waals surface area contributed by atoms with Gasteiger partial charge in [0, 0.05) is 18.1 Å². The quantitative estimate of drug-likeness (QED) is 0.625. The van der Waals surface area contributed by atoms with Crippen molar-refractivity contribution < 1.29 is 9.53 Å². The van der Waals surface area contributed by atoms with Crippen molar-refractivity contribution in [2.75, 3.05) is 6.61 Å². The van der Waals surface area contributed by atoms with Crippen molar-refractivity contribution in [3.8, 4) is 0 Å². The van der Waals surface area contributed by atoms with Crippen molar-refractivity contribution in [3.05, 3.63) is 26.9 Å². The Hall–Kier alpha value is -1.07. The van der Waals surface area contributed by atoms with Crippen LogP contribution in [0.5, 0.6) is 0 Å². The number of fused-ring (bicyclic) bond motifs is 1. The second-order valence-electron chi connectivity index (χ2n) is 3.87. The molecule has 0 spiro atoms. The van der Waals surface area contributed by atoms with Gasteiger partial charge in [0.25, 0.3) is 0 Å². The normalized spacial score (nSPS) is 10.9. The minimum absolute atomic E-state index is 0.336. The lowest BCUT2D eigenvalue weighted by molar-refractivity contribution is 0.0527. The molecule has 0 saturated carbocycles. The average Bonchev–Trinajstić information content (AvgIpc) is 2.54. The van der Waals surface area contributed by atoms with Crippen molar-refractivity contribution in [3.63, 3.8) is 0 Å². The van der Waals surface area contributed by atoms with Crippen molar-refractivity contribution in [2.24, 2.45) is 7.05 Å². The number of nitrogens with zero attached hydrogens (tertiary/aromatic N) is 2. The summed E-state index contributed by atoms with van der Waals surface area (Å²) >= 11 is 9.29. The first-order valence-electron chi connectivity index (χ1n) is 5.45. The number of esters is 1. The Morgan fingerprint density at radius 2 is 2.28 bits per heavy atom. The van der Waals surface area contributed by atoms with E-state index in [0.29, 0.717) is 27.4 Å². The van der Waals surface area contributed by atoms with Gasteiger partial charge in [-0.15, -0.1) is 0 Å². The van der Waals surface area contributed by atoms with E-state index in [0.717, 1.165) is 11.1 Å². The highest BCUT2D eigenvalue weighted by Gasteiger charge is 2.21. The summed E-state index contributed by atoms with van der Waals surface area (Å²) in [6, 6.07) is 1.80. The van der Waals surface area contributed by atoms with Crippen LogP contribution in [0.15, 0.2) is 10.5 Å². The van der Waals surface area contributed by atoms with Crippen LogP contribution in [0.2, 0.25) is 5.15 Å². The van der Waals surface area contributed by atoms with Crippen LogP contribution in [0.25, 0.3) is 11.0 Å². The molecular formula is C12H12BrClN2O2. The molecule has 18 heavy (non-hydrogen) atoms. The van der Waals surface area contributed by atoms with Crippen LogP contribution in [0, 0.1) is 6.92 Å². The Bertz CT molecular complexity index is 637. The predicted molar refractivity (Wildman–Crippen MR) is 74.1 cm³/mol. The lowest BCUT2D eigenvalue weighted by Crippen LogP contribution is -2.06. The van der Waals surface area contributed by atoms with Gasteiger partial charge < -0.3 is 9.30 Å². The van der Waals surface area contributed by atoms with E-state index in [1.807, 2.05) is 18.5 Å². The third-order valence-electron chi connectivity index (χ3n) is 2.84. The Morgan fingerprint density at radius 1 is 1.61 bits per heavy atom. The van der Waals surface area contributed by atoms with Gasteiger partial charge >= 0.3 is 5.97 Å². The molecule has 4 nitrogen and oxygen atoms in total. The van der Waals surface area contributed by atoms with E-state index in [2.05, 4.69) is 20.9 Å². The molecule has 0 aliphatic carbocycles. The van der Waals surface area contributed by atoms with E-state index in [9.17, 15) is 4.79 Å². The van der Waals surface area contributed by atoms with Crippen LogP contribution in [0.3, 0.4) is 0 Å². The summed E-state index contributed by atoms with van der Waals surface area (Å²) in [6.07, 6.45) is 0. The Labute approximate surface area is 118 Å². The fourth-order valence-electron chi connectivity index (χ4n) is 1.88. The van der Waals surface area contributed by atoms with Gasteiger partial charge in [-0.25, -0.2) is 9.78 Å².